The van der Waals surface area contributed by atoms with Crippen LogP contribution in [0.15, 0.2) is 23.1 Å². The maximum absolute atomic E-state index is 12.7. The molecule has 0 atom stereocenters. The Morgan fingerprint density at radius 3 is 2.67 bits per heavy atom. The van der Waals surface area contributed by atoms with Crippen molar-refractivity contribution in [3.05, 3.63) is 23.8 Å². The second kappa shape index (κ2) is 6.96. The number of nitrogens with zero attached hydrogens (tertiary/aromatic N) is 2. The first kappa shape index (κ1) is 16.5. The van der Waals surface area contributed by atoms with E-state index in [4.69, 9.17) is 16.3 Å². The molecule has 0 spiro atoms. The van der Waals surface area contributed by atoms with Crippen LogP contribution in [0.1, 0.15) is 12.0 Å². The number of methoxy groups -OCH3 is 1. The Morgan fingerprint density at radius 2 is 2.00 bits per heavy atom. The fourth-order valence-electron chi connectivity index (χ4n) is 2.43. The van der Waals surface area contributed by atoms with Crippen molar-refractivity contribution in [1.82, 2.24) is 9.21 Å². The molecule has 21 heavy (non-hydrogen) atoms. The van der Waals surface area contributed by atoms with E-state index < -0.39 is 10.0 Å². The van der Waals surface area contributed by atoms with Crippen molar-refractivity contribution in [2.45, 2.75) is 17.2 Å². The number of sulfonamides is 1. The number of hydrogen-bond acceptors (Lipinski definition) is 4. The summed E-state index contributed by atoms with van der Waals surface area (Å²) in [6.07, 6.45) is 0.842. The van der Waals surface area contributed by atoms with E-state index in [1.807, 2.05) is 7.05 Å². The largest absolute Gasteiger partial charge is 0.496 e. The van der Waals surface area contributed by atoms with Crippen molar-refractivity contribution in [3.8, 4) is 5.75 Å². The first-order valence-corrected chi connectivity index (χ1v) is 8.88. The Kier molecular flexibility index (Phi) is 5.48. The summed E-state index contributed by atoms with van der Waals surface area (Å²) in [5, 5.41) is 0. The van der Waals surface area contributed by atoms with Gasteiger partial charge in [0.25, 0.3) is 0 Å². The van der Waals surface area contributed by atoms with Gasteiger partial charge in [0.1, 0.15) is 5.75 Å². The van der Waals surface area contributed by atoms with E-state index in [2.05, 4.69) is 4.90 Å². The van der Waals surface area contributed by atoms with Crippen LogP contribution in [0.2, 0.25) is 0 Å². The molecule has 0 aliphatic carbocycles. The molecule has 0 aromatic heterocycles. The van der Waals surface area contributed by atoms with Gasteiger partial charge in [0.15, 0.2) is 0 Å². The molecular formula is C14H21ClN2O3S. The first-order valence-electron chi connectivity index (χ1n) is 6.90. The van der Waals surface area contributed by atoms with Gasteiger partial charge in [-0.1, -0.05) is 0 Å². The van der Waals surface area contributed by atoms with E-state index in [0.29, 0.717) is 24.4 Å². The molecule has 7 heteroatoms. The van der Waals surface area contributed by atoms with Crippen LogP contribution >= 0.6 is 11.6 Å². The molecule has 1 fully saturated rings. The minimum absolute atomic E-state index is 0.218. The minimum Gasteiger partial charge on any atom is -0.496 e. The molecule has 1 aromatic rings. The molecule has 1 heterocycles. The molecule has 5 nitrogen and oxygen atoms in total. The molecule has 118 valence electrons. The highest BCUT2D eigenvalue weighted by molar-refractivity contribution is 7.89. The maximum Gasteiger partial charge on any atom is 0.243 e. The van der Waals surface area contributed by atoms with Gasteiger partial charge in [-0.3, -0.25) is 0 Å². The average Bonchev–Trinajstić information content (AvgIpc) is 2.71. The first-order chi connectivity index (χ1) is 9.98. The molecular weight excluding hydrogens is 312 g/mol. The summed E-state index contributed by atoms with van der Waals surface area (Å²) in [6, 6.07) is 4.85. The van der Waals surface area contributed by atoms with Crippen LogP contribution in [-0.4, -0.2) is 58.0 Å². The minimum atomic E-state index is -3.47. The monoisotopic (exact) mass is 332 g/mol. The van der Waals surface area contributed by atoms with E-state index in [-0.39, 0.29) is 10.8 Å². The third kappa shape index (κ3) is 3.69. The zero-order chi connectivity index (χ0) is 15.5. The Morgan fingerprint density at radius 1 is 1.24 bits per heavy atom. The third-order valence-corrected chi connectivity index (χ3v) is 5.89. The quantitative estimate of drug-likeness (QED) is 0.788. The second-order valence-electron chi connectivity index (χ2n) is 5.17. The number of likely N-dealkylation sites (N-methyl/N-ethyl adjacent to an activating group) is 1. The number of benzene rings is 1. The predicted octanol–water partition coefficient (Wildman–Crippen LogP) is 1.76. The van der Waals surface area contributed by atoms with Crippen LogP contribution in [-0.2, 0) is 15.9 Å². The van der Waals surface area contributed by atoms with Crippen LogP contribution in [0.5, 0.6) is 5.75 Å². The molecule has 1 aliphatic heterocycles. The molecule has 0 N–H and O–H groups in total. The van der Waals surface area contributed by atoms with Crippen molar-refractivity contribution in [1.29, 1.82) is 0 Å². The van der Waals surface area contributed by atoms with Gasteiger partial charge >= 0.3 is 0 Å². The highest BCUT2D eigenvalue weighted by atomic mass is 35.5. The van der Waals surface area contributed by atoms with Crippen LogP contribution < -0.4 is 4.74 Å². The van der Waals surface area contributed by atoms with Crippen molar-refractivity contribution >= 4 is 21.6 Å². The van der Waals surface area contributed by atoms with Crippen molar-refractivity contribution in [2.24, 2.45) is 0 Å². The smallest absolute Gasteiger partial charge is 0.243 e. The average molecular weight is 333 g/mol. The summed E-state index contributed by atoms with van der Waals surface area (Å²) < 4.78 is 32.2. The summed E-state index contributed by atoms with van der Waals surface area (Å²) in [7, 11) is 0.0810. The zero-order valence-electron chi connectivity index (χ0n) is 12.4. The van der Waals surface area contributed by atoms with Gasteiger partial charge in [-0.15, -0.1) is 11.6 Å². The van der Waals surface area contributed by atoms with Gasteiger partial charge in [-0.2, -0.15) is 4.31 Å². The fraction of sp³-hybridized carbons (Fsp3) is 0.571. The van der Waals surface area contributed by atoms with Gasteiger partial charge in [0, 0.05) is 25.2 Å². The topological polar surface area (TPSA) is 49.9 Å². The van der Waals surface area contributed by atoms with Crippen LogP contribution in [0, 0.1) is 0 Å². The van der Waals surface area contributed by atoms with E-state index in [9.17, 15) is 8.42 Å². The van der Waals surface area contributed by atoms with Crippen LogP contribution in [0.4, 0.5) is 0 Å². The molecule has 1 saturated heterocycles. The van der Waals surface area contributed by atoms with Crippen LogP contribution in [0.25, 0.3) is 0 Å². The lowest BCUT2D eigenvalue weighted by Crippen LogP contribution is -2.34. The summed E-state index contributed by atoms with van der Waals surface area (Å²) in [6.45, 7) is 2.73. The molecule has 0 amide bonds. The van der Waals surface area contributed by atoms with Gasteiger partial charge in [0.2, 0.25) is 10.0 Å². The van der Waals surface area contributed by atoms with Gasteiger partial charge in [-0.05, 0) is 38.2 Å². The number of halogens is 1. The number of alkyl halides is 1. The van der Waals surface area contributed by atoms with E-state index in [1.165, 1.54) is 0 Å². The lowest BCUT2D eigenvalue weighted by molar-refractivity contribution is 0.347. The molecule has 0 unspecified atom stereocenters. The van der Waals surface area contributed by atoms with Crippen molar-refractivity contribution in [3.63, 3.8) is 0 Å². The predicted molar refractivity (Wildman–Crippen MR) is 83.4 cm³/mol. The molecule has 0 saturated carbocycles. The third-order valence-electron chi connectivity index (χ3n) is 3.71. The Hall–Kier alpha value is -0.820. The molecule has 1 aliphatic rings. The van der Waals surface area contributed by atoms with E-state index in [1.54, 1.807) is 29.6 Å². The molecule has 2 rings (SSSR count). The maximum atomic E-state index is 12.7. The molecule has 0 radical (unpaired) electrons. The number of ether oxygens (including phenoxy) is 1. The summed E-state index contributed by atoms with van der Waals surface area (Å²) in [5.74, 6) is 0.828. The molecule has 0 bridgehead atoms. The van der Waals surface area contributed by atoms with Crippen molar-refractivity contribution in [2.75, 3.05) is 40.3 Å². The van der Waals surface area contributed by atoms with Gasteiger partial charge in [0.05, 0.1) is 17.9 Å². The fourth-order valence-corrected chi connectivity index (χ4v) is 4.16. The van der Waals surface area contributed by atoms with E-state index >= 15 is 0 Å². The summed E-state index contributed by atoms with van der Waals surface area (Å²) in [5.41, 5.74) is 0.687. The van der Waals surface area contributed by atoms with E-state index in [0.717, 1.165) is 19.5 Å². The van der Waals surface area contributed by atoms with Gasteiger partial charge < -0.3 is 9.64 Å². The second-order valence-corrected chi connectivity index (χ2v) is 7.37. The summed E-state index contributed by atoms with van der Waals surface area (Å²) >= 11 is 5.87. The Balaban J connectivity index is 2.30. The zero-order valence-corrected chi connectivity index (χ0v) is 14.0. The number of hydrogen-bond donors (Lipinski definition) is 0. The Labute approximate surface area is 131 Å². The Bertz CT molecular complexity index is 592. The van der Waals surface area contributed by atoms with Crippen molar-refractivity contribution < 1.29 is 13.2 Å². The summed E-state index contributed by atoms with van der Waals surface area (Å²) in [4.78, 5) is 2.43. The molecule has 1 aromatic carbocycles. The standard InChI is InChI=1S/C14H21ClN2O3S/c1-16-6-3-7-17(9-8-16)21(18,19)13-4-5-14(20-2)12(10-13)11-15/h4-5,10H,3,6-9,11H2,1-2H3. The number of rotatable bonds is 4. The lowest BCUT2D eigenvalue weighted by Gasteiger charge is -2.21. The highest BCUT2D eigenvalue weighted by Crippen LogP contribution is 2.26. The van der Waals surface area contributed by atoms with Gasteiger partial charge in [-0.25, -0.2) is 8.42 Å². The highest BCUT2D eigenvalue weighted by Gasteiger charge is 2.26. The lowest BCUT2D eigenvalue weighted by atomic mass is 10.2. The normalized spacial score (nSPS) is 18.4. The SMILES string of the molecule is COc1ccc(S(=O)(=O)N2CCCN(C)CC2)cc1CCl. The van der Waals surface area contributed by atoms with Crippen LogP contribution in [0.3, 0.4) is 0 Å².